The standard InChI is InChI=1S/C13H22N4O/c1-4-15-13(18)11-6-5-10(14)9-12(11)16-7-8-17(2)3/h5-6,9,16H,4,7-8,14H2,1-3H3,(H,15,18). The second kappa shape index (κ2) is 6.86. The lowest BCUT2D eigenvalue weighted by Crippen LogP contribution is -2.25. The van der Waals surface area contributed by atoms with Crippen LogP contribution < -0.4 is 16.4 Å². The maximum absolute atomic E-state index is 11.9. The minimum atomic E-state index is -0.0788. The van der Waals surface area contributed by atoms with Gasteiger partial charge in [0.15, 0.2) is 0 Å². The van der Waals surface area contributed by atoms with Crippen molar-refractivity contribution in [2.24, 2.45) is 0 Å². The van der Waals surface area contributed by atoms with E-state index in [1.165, 1.54) is 0 Å². The van der Waals surface area contributed by atoms with Crippen molar-refractivity contribution in [3.05, 3.63) is 23.8 Å². The maximum Gasteiger partial charge on any atom is 0.253 e. The van der Waals surface area contributed by atoms with Gasteiger partial charge in [0.05, 0.1) is 5.56 Å². The van der Waals surface area contributed by atoms with Crippen LogP contribution in [-0.2, 0) is 0 Å². The Bertz CT molecular complexity index is 404. The molecule has 0 aromatic heterocycles. The molecular formula is C13H22N4O. The fourth-order valence-electron chi connectivity index (χ4n) is 1.58. The maximum atomic E-state index is 11.9. The van der Waals surface area contributed by atoms with Gasteiger partial charge in [0.25, 0.3) is 5.91 Å². The van der Waals surface area contributed by atoms with Crippen molar-refractivity contribution >= 4 is 17.3 Å². The molecule has 0 radical (unpaired) electrons. The molecule has 1 amide bonds. The molecule has 0 saturated heterocycles. The van der Waals surface area contributed by atoms with E-state index in [0.29, 0.717) is 17.8 Å². The first-order valence-electron chi connectivity index (χ1n) is 6.11. The van der Waals surface area contributed by atoms with Gasteiger partial charge in [0.1, 0.15) is 0 Å². The lowest BCUT2D eigenvalue weighted by Gasteiger charge is -2.14. The third-order valence-electron chi connectivity index (χ3n) is 2.50. The Labute approximate surface area is 108 Å². The molecule has 1 aromatic carbocycles. The fraction of sp³-hybridized carbons (Fsp3) is 0.462. The van der Waals surface area contributed by atoms with Crippen LogP contribution in [0.2, 0.25) is 0 Å². The molecular weight excluding hydrogens is 228 g/mol. The van der Waals surface area contributed by atoms with Gasteiger partial charge in [0.2, 0.25) is 0 Å². The van der Waals surface area contributed by atoms with E-state index in [1.54, 1.807) is 18.2 Å². The Balaban J connectivity index is 2.79. The Kier molecular flexibility index (Phi) is 5.45. The number of nitrogens with one attached hydrogen (secondary N) is 2. The van der Waals surface area contributed by atoms with Gasteiger partial charge in [-0.3, -0.25) is 4.79 Å². The lowest BCUT2D eigenvalue weighted by atomic mass is 10.1. The Hall–Kier alpha value is -1.75. The van der Waals surface area contributed by atoms with Crippen molar-refractivity contribution in [3.63, 3.8) is 0 Å². The number of carbonyl (C=O) groups is 1. The average molecular weight is 250 g/mol. The van der Waals surface area contributed by atoms with Gasteiger partial charge in [0, 0.05) is 31.0 Å². The Morgan fingerprint density at radius 3 is 2.72 bits per heavy atom. The molecule has 0 atom stereocenters. The van der Waals surface area contributed by atoms with Crippen molar-refractivity contribution in [1.29, 1.82) is 0 Å². The van der Waals surface area contributed by atoms with Crippen molar-refractivity contribution in [2.45, 2.75) is 6.92 Å². The lowest BCUT2D eigenvalue weighted by molar-refractivity contribution is 0.0956. The minimum absolute atomic E-state index is 0.0788. The number of benzene rings is 1. The molecule has 1 rings (SSSR count). The third-order valence-corrected chi connectivity index (χ3v) is 2.50. The van der Waals surface area contributed by atoms with Gasteiger partial charge < -0.3 is 21.3 Å². The smallest absolute Gasteiger partial charge is 0.253 e. The van der Waals surface area contributed by atoms with Gasteiger partial charge in [-0.25, -0.2) is 0 Å². The number of carbonyl (C=O) groups excluding carboxylic acids is 1. The molecule has 18 heavy (non-hydrogen) atoms. The van der Waals surface area contributed by atoms with Gasteiger partial charge in [-0.15, -0.1) is 0 Å². The zero-order chi connectivity index (χ0) is 13.5. The number of hydrogen-bond donors (Lipinski definition) is 3. The topological polar surface area (TPSA) is 70.4 Å². The number of likely N-dealkylation sites (N-methyl/N-ethyl adjacent to an activating group) is 1. The van der Waals surface area contributed by atoms with E-state index < -0.39 is 0 Å². The molecule has 0 fully saturated rings. The highest BCUT2D eigenvalue weighted by Crippen LogP contribution is 2.19. The average Bonchev–Trinajstić information content (AvgIpc) is 2.29. The summed E-state index contributed by atoms with van der Waals surface area (Å²) >= 11 is 0. The van der Waals surface area contributed by atoms with E-state index in [2.05, 4.69) is 15.5 Å². The van der Waals surface area contributed by atoms with Crippen LogP contribution in [-0.4, -0.2) is 44.5 Å². The molecule has 0 bridgehead atoms. The summed E-state index contributed by atoms with van der Waals surface area (Å²) in [6.07, 6.45) is 0. The number of anilines is 2. The van der Waals surface area contributed by atoms with Gasteiger partial charge in [-0.1, -0.05) is 0 Å². The molecule has 0 unspecified atom stereocenters. The van der Waals surface area contributed by atoms with Crippen LogP contribution in [0.3, 0.4) is 0 Å². The summed E-state index contributed by atoms with van der Waals surface area (Å²) in [5, 5.41) is 6.03. The van der Waals surface area contributed by atoms with Crippen LogP contribution in [0.15, 0.2) is 18.2 Å². The van der Waals surface area contributed by atoms with E-state index in [4.69, 9.17) is 5.73 Å². The molecule has 4 N–H and O–H groups in total. The van der Waals surface area contributed by atoms with Gasteiger partial charge in [-0.05, 0) is 39.2 Å². The quantitative estimate of drug-likeness (QED) is 0.659. The number of rotatable bonds is 6. The predicted octanol–water partition coefficient (Wildman–Crippen LogP) is 0.992. The summed E-state index contributed by atoms with van der Waals surface area (Å²) in [5.41, 5.74) is 7.81. The molecule has 5 nitrogen and oxygen atoms in total. The normalized spacial score (nSPS) is 10.4. The molecule has 5 heteroatoms. The van der Waals surface area contributed by atoms with E-state index in [0.717, 1.165) is 18.8 Å². The summed E-state index contributed by atoms with van der Waals surface area (Å²) < 4.78 is 0. The van der Waals surface area contributed by atoms with E-state index >= 15 is 0 Å². The van der Waals surface area contributed by atoms with Crippen molar-refractivity contribution in [3.8, 4) is 0 Å². The van der Waals surface area contributed by atoms with Crippen molar-refractivity contribution in [1.82, 2.24) is 10.2 Å². The number of nitrogen functional groups attached to an aromatic ring is 1. The van der Waals surface area contributed by atoms with Crippen molar-refractivity contribution < 1.29 is 4.79 Å². The van der Waals surface area contributed by atoms with Crippen LogP contribution in [0.25, 0.3) is 0 Å². The second-order valence-corrected chi connectivity index (χ2v) is 4.39. The summed E-state index contributed by atoms with van der Waals surface area (Å²) in [6, 6.07) is 5.28. The molecule has 1 aromatic rings. The highest BCUT2D eigenvalue weighted by atomic mass is 16.1. The first-order valence-corrected chi connectivity index (χ1v) is 6.11. The summed E-state index contributed by atoms with van der Waals surface area (Å²) in [6.45, 7) is 4.17. The summed E-state index contributed by atoms with van der Waals surface area (Å²) in [4.78, 5) is 13.9. The van der Waals surface area contributed by atoms with Gasteiger partial charge in [-0.2, -0.15) is 0 Å². The van der Waals surface area contributed by atoms with E-state index in [1.807, 2.05) is 21.0 Å². The SMILES string of the molecule is CCNC(=O)c1ccc(N)cc1NCCN(C)C. The molecule has 0 spiro atoms. The molecule has 0 saturated carbocycles. The highest BCUT2D eigenvalue weighted by molar-refractivity contribution is 6.00. The van der Waals surface area contributed by atoms with Crippen LogP contribution in [0.4, 0.5) is 11.4 Å². The van der Waals surface area contributed by atoms with Crippen LogP contribution >= 0.6 is 0 Å². The molecule has 100 valence electrons. The number of hydrogen-bond acceptors (Lipinski definition) is 4. The van der Waals surface area contributed by atoms with E-state index in [9.17, 15) is 4.79 Å². The first-order chi connectivity index (χ1) is 8.54. The number of nitrogens with two attached hydrogens (primary N) is 1. The third kappa shape index (κ3) is 4.25. The Morgan fingerprint density at radius 2 is 2.11 bits per heavy atom. The van der Waals surface area contributed by atoms with Crippen molar-refractivity contribution in [2.75, 3.05) is 44.8 Å². The van der Waals surface area contributed by atoms with Gasteiger partial charge >= 0.3 is 0 Å². The minimum Gasteiger partial charge on any atom is -0.399 e. The summed E-state index contributed by atoms with van der Waals surface area (Å²) in [5.74, 6) is -0.0788. The zero-order valence-electron chi connectivity index (χ0n) is 11.3. The summed E-state index contributed by atoms with van der Waals surface area (Å²) in [7, 11) is 4.01. The number of nitrogens with zero attached hydrogens (tertiary/aromatic N) is 1. The van der Waals surface area contributed by atoms with Crippen LogP contribution in [0.1, 0.15) is 17.3 Å². The molecule has 0 heterocycles. The first kappa shape index (κ1) is 14.3. The predicted molar refractivity (Wildman–Crippen MR) is 75.9 cm³/mol. The molecule has 0 aliphatic carbocycles. The molecule has 0 aliphatic heterocycles. The van der Waals surface area contributed by atoms with Crippen LogP contribution in [0, 0.1) is 0 Å². The van der Waals surface area contributed by atoms with E-state index in [-0.39, 0.29) is 5.91 Å². The molecule has 0 aliphatic rings. The number of amides is 1. The second-order valence-electron chi connectivity index (χ2n) is 4.39. The fourth-order valence-corrected chi connectivity index (χ4v) is 1.58. The monoisotopic (exact) mass is 250 g/mol. The van der Waals surface area contributed by atoms with Crippen LogP contribution in [0.5, 0.6) is 0 Å². The Morgan fingerprint density at radius 1 is 1.39 bits per heavy atom. The highest BCUT2D eigenvalue weighted by Gasteiger charge is 2.10. The largest absolute Gasteiger partial charge is 0.399 e. The zero-order valence-corrected chi connectivity index (χ0v) is 11.3.